The Bertz CT molecular complexity index is 737. The van der Waals surface area contributed by atoms with E-state index in [2.05, 4.69) is 20.1 Å². The zero-order valence-electron chi connectivity index (χ0n) is 14.9. The molecule has 0 heterocycles. The monoisotopic (exact) mass is 344 g/mol. The Balaban J connectivity index is 1.81. The molecular formula is C21H25FO3. The predicted octanol–water partition coefficient (Wildman–Crippen LogP) is 3.63. The van der Waals surface area contributed by atoms with Crippen LogP contribution in [-0.4, -0.2) is 23.5 Å². The van der Waals surface area contributed by atoms with E-state index in [1.807, 2.05) is 0 Å². The van der Waals surface area contributed by atoms with Crippen LogP contribution in [0.15, 0.2) is 24.3 Å². The smallest absolute Gasteiger partial charge is 0.227 e. The maximum Gasteiger partial charge on any atom is 0.227 e. The van der Waals surface area contributed by atoms with Crippen LogP contribution < -0.4 is 0 Å². The van der Waals surface area contributed by atoms with Gasteiger partial charge in [-0.05, 0) is 43.4 Å². The van der Waals surface area contributed by atoms with Crippen molar-refractivity contribution in [3.8, 4) is 0 Å². The van der Waals surface area contributed by atoms with Crippen LogP contribution in [0.25, 0.3) is 0 Å². The van der Waals surface area contributed by atoms with Gasteiger partial charge in [0, 0.05) is 22.8 Å². The quantitative estimate of drug-likeness (QED) is 0.383. The van der Waals surface area contributed by atoms with Gasteiger partial charge < -0.3 is 0 Å². The largest absolute Gasteiger partial charge is 0.299 e. The molecule has 0 radical (unpaired) electrons. The zero-order chi connectivity index (χ0) is 18.3. The molecule has 0 bridgehead atoms. The molecule has 0 aromatic rings. The number of hydrogen-bond acceptors (Lipinski definition) is 3. The highest BCUT2D eigenvalue weighted by molar-refractivity contribution is 6.45. The Kier molecular flexibility index (Phi) is 3.36. The lowest BCUT2D eigenvalue weighted by Crippen LogP contribution is -2.61. The molecule has 0 aromatic carbocycles. The summed E-state index contributed by atoms with van der Waals surface area (Å²) in [6, 6.07) is 0. The highest BCUT2D eigenvalue weighted by Crippen LogP contribution is 2.66. The Morgan fingerprint density at radius 2 is 1.76 bits per heavy atom. The third kappa shape index (κ3) is 1.83. The van der Waals surface area contributed by atoms with Crippen LogP contribution in [0.5, 0.6) is 0 Å². The summed E-state index contributed by atoms with van der Waals surface area (Å²) in [5, 5.41) is 0. The highest BCUT2D eigenvalue weighted by atomic mass is 19.1. The van der Waals surface area contributed by atoms with Gasteiger partial charge in [0.2, 0.25) is 11.6 Å². The van der Waals surface area contributed by atoms with E-state index in [1.165, 1.54) is 0 Å². The minimum Gasteiger partial charge on any atom is -0.299 e. The van der Waals surface area contributed by atoms with Crippen molar-refractivity contribution in [1.29, 1.82) is 0 Å². The van der Waals surface area contributed by atoms with E-state index in [0.29, 0.717) is 24.2 Å². The van der Waals surface area contributed by atoms with Gasteiger partial charge in [-0.3, -0.25) is 14.4 Å². The molecule has 4 rings (SSSR count). The molecule has 0 saturated heterocycles. The van der Waals surface area contributed by atoms with Gasteiger partial charge in [-0.2, -0.15) is 0 Å². The molecule has 3 nitrogen and oxygen atoms in total. The van der Waals surface area contributed by atoms with Crippen LogP contribution in [0.3, 0.4) is 0 Å². The molecule has 0 N–H and O–H groups in total. The van der Waals surface area contributed by atoms with E-state index in [1.54, 1.807) is 6.92 Å². The number of ketones is 3. The lowest BCUT2D eigenvalue weighted by atomic mass is 9.43. The molecule has 0 aliphatic heterocycles. The van der Waals surface area contributed by atoms with Crippen molar-refractivity contribution in [2.75, 3.05) is 0 Å². The second kappa shape index (κ2) is 4.99. The van der Waals surface area contributed by atoms with Crippen molar-refractivity contribution in [2.24, 2.45) is 34.5 Å². The van der Waals surface area contributed by atoms with Crippen molar-refractivity contribution in [3.63, 3.8) is 0 Å². The molecule has 4 aliphatic rings. The van der Waals surface area contributed by atoms with Crippen molar-refractivity contribution in [3.05, 3.63) is 24.3 Å². The van der Waals surface area contributed by atoms with Gasteiger partial charge >= 0.3 is 0 Å². The van der Waals surface area contributed by atoms with Crippen LogP contribution >= 0.6 is 0 Å². The molecule has 1 unspecified atom stereocenters. The average molecular weight is 344 g/mol. The topological polar surface area (TPSA) is 51.2 Å². The van der Waals surface area contributed by atoms with Crippen molar-refractivity contribution in [1.82, 2.24) is 0 Å². The van der Waals surface area contributed by atoms with Gasteiger partial charge in [0.15, 0.2) is 0 Å². The lowest BCUT2D eigenvalue weighted by Gasteiger charge is -2.60. The second-order valence-corrected chi connectivity index (χ2v) is 9.04. The molecule has 7 atom stereocenters. The van der Waals surface area contributed by atoms with Crippen LogP contribution in [-0.2, 0) is 14.4 Å². The number of allylic oxidation sites excluding steroid dienone is 2. The summed E-state index contributed by atoms with van der Waals surface area (Å²) in [7, 11) is 0. The Hall–Kier alpha value is -1.58. The summed E-state index contributed by atoms with van der Waals surface area (Å²) < 4.78 is 15.4. The molecule has 4 fully saturated rings. The van der Waals surface area contributed by atoms with E-state index in [-0.39, 0.29) is 28.7 Å². The van der Waals surface area contributed by atoms with Gasteiger partial charge in [0.05, 0.1) is 5.92 Å². The summed E-state index contributed by atoms with van der Waals surface area (Å²) in [4.78, 5) is 37.2. The third-order valence-corrected chi connectivity index (χ3v) is 8.10. The van der Waals surface area contributed by atoms with Crippen molar-refractivity contribution < 1.29 is 18.8 Å². The molecule has 0 spiro atoms. The Labute approximate surface area is 147 Å². The number of alkyl halides is 1. The van der Waals surface area contributed by atoms with Gasteiger partial charge in [0.25, 0.3) is 0 Å². The maximum atomic E-state index is 15.4. The fraction of sp³-hybridized carbons (Fsp3) is 0.667. The summed E-state index contributed by atoms with van der Waals surface area (Å²) in [5.74, 6) is -1.37. The predicted molar refractivity (Wildman–Crippen MR) is 91.5 cm³/mol. The molecule has 4 saturated carbocycles. The van der Waals surface area contributed by atoms with Crippen LogP contribution in [0.4, 0.5) is 4.39 Å². The minimum atomic E-state index is -1.52. The van der Waals surface area contributed by atoms with Crippen molar-refractivity contribution >= 4 is 17.3 Å². The lowest BCUT2D eigenvalue weighted by molar-refractivity contribution is -0.155. The van der Waals surface area contributed by atoms with Crippen LogP contribution in [0, 0.1) is 34.5 Å². The SMILES string of the molecule is C=C1C[C@@H]2[C@H](CC[C@]3(C)C(=O)CC[C@@H]23)[C@]2(C)C1C(=O)C(=O)C(=C)[C@H]2F. The summed E-state index contributed by atoms with van der Waals surface area (Å²) in [6.07, 6.45) is 2.01. The molecule has 4 heteroatoms. The van der Waals surface area contributed by atoms with Gasteiger partial charge in [-0.25, -0.2) is 4.39 Å². The third-order valence-electron chi connectivity index (χ3n) is 8.10. The van der Waals surface area contributed by atoms with E-state index >= 15 is 4.39 Å². The number of hydrogen-bond donors (Lipinski definition) is 0. The van der Waals surface area contributed by atoms with Crippen LogP contribution in [0.1, 0.15) is 46.0 Å². The summed E-state index contributed by atoms with van der Waals surface area (Å²) in [6.45, 7) is 11.5. The number of fused-ring (bicyclic) bond motifs is 5. The average Bonchev–Trinajstić information content (AvgIpc) is 2.87. The highest BCUT2D eigenvalue weighted by Gasteiger charge is 2.66. The molecule has 0 amide bonds. The number of carbonyl (C=O) groups excluding carboxylic acids is 3. The fourth-order valence-corrected chi connectivity index (χ4v) is 6.77. The number of halogens is 1. The van der Waals surface area contributed by atoms with Crippen LogP contribution in [0.2, 0.25) is 0 Å². The van der Waals surface area contributed by atoms with Gasteiger partial charge in [-0.15, -0.1) is 0 Å². The first-order valence-electron chi connectivity index (χ1n) is 9.26. The number of carbonyl (C=O) groups is 3. The molecule has 134 valence electrons. The number of Topliss-reactive ketones (excluding diaryl/α,β-unsaturated/α-hetero) is 3. The molecular weight excluding hydrogens is 319 g/mol. The zero-order valence-corrected chi connectivity index (χ0v) is 14.9. The van der Waals surface area contributed by atoms with E-state index in [4.69, 9.17) is 0 Å². The molecule has 25 heavy (non-hydrogen) atoms. The van der Waals surface area contributed by atoms with E-state index in [9.17, 15) is 14.4 Å². The summed E-state index contributed by atoms with van der Waals surface area (Å²) in [5.41, 5.74) is -0.814. The normalized spacial score (nSPS) is 49.7. The molecule has 4 aliphatic carbocycles. The Morgan fingerprint density at radius 1 is 1.08 bits per heavy atom. The first kappa shape index (κ1) is 16.9. The Morgan fingerprint density at radius 3 is 2.44 bits per heavy atom. The van der Waals surface area contributed by atoms with E-state index < -0.39 is 29.1 Å². The fourth-order valence-electron chi connectivity index (χ4n) is 6.77. The minimum absolute atomic E-state index is 0.0178. The standard InChI is InChI=1S/C21H25FO3/c1-10-9-12-13-5-6-15(23)20(13,3)8-7-14(12)21(4)16(10)18(25)17(24)11(2)19(21)22/h12-14,16,19H,1-2,5-9H2,3-4H3/t12-,13-,14-,16?,19+,20-,21+/m0/s1. The second-order valence-electron chi connectivity index (χ2n) is 9.04. The first-order valence-corrected chi connectivity index (χ1v) is 9.26. The first-order chi connectivity index (χ1) is 11.6. The summed E-state index contributed by atoms with van der Waals surface area (Å²) >= 11 is 0. The number of rotatable bonds is 0. The van der Waals surface area contributed by atoms with E-state index in [0.717, 1.165) is 19.3 Å². The molecule has 0 aromatic heterocycles. The van der Waals surface area contributed by atoms with Gasteiger partial charge in [-0.1, -0.05) is 32.6 Å². The van der Waals surface area contributed by atoms with Crippen molar-refractivity contribution in [2.45, 2.75) is 52.1 Å². The van der Waals surface area contributed by atoms with Gasteiger partial charge in [0.1, 0.15) is 12.0 Å². The maximum absolute atomic E-state index is 15.4.